The highest BCUT2D eigenvalue weighted by Gasteiger charge is 2.13. The van der Waals surface area contributed by atoms with Crippen molar-refractivity contribution in [3.8, 4) is 0 Å². The van der Waals surface area contributed by atoms with Crippen molar-refractivity contribution in [3.05, 3.63) is 23.5 Å². The number of carboxylic acid groups (broad SMARTS) is 1. The van der Waals surface area contributed by atoms with Crippen LogP contribution < -0.4 is 11.1 Å². The molecule has 0 radical (unpaired) electrons. The van der Waals surface area contributed by atoms with Crippen LogP contribution in [-0.2, 0) is 10.8 Å². The van der Waals surface area contributed by atoms with Crippen molar-refractivity contribution in [2.24, 2.45) is 0 Å². The number of hydrogen-bond acceptors (Lipinski definition) is 4. The molecule has 5 nitrogen and oxygen atoms in total. The normalized spacial score (nSPS) is 12.1. The Labute approximate surface area is 107 Å². The number of halogens is 1. The number of carbonyl (C=O) groups is 1. The molecule has 0 aliphatic heterocycles. The highest BCUT2D eigenvalue weighted by atomic mass is 32.2. The van der Waals surface area contributed by atoms with E-state index in [-0.39, 0.29) is 5.69 Å². The second-order valence-electron chi connectivity index (χ2n) is 3.78. The third-order valence-corrected chi connectivity index (χ3v) is 3.16. The van der Waals surface area contributed by atoms with Crippen LogP contribution in [0.15, 0.2) is 12.1 Å². The summed E-state index contributed by atoms with van der Waals surface area (Å²) < 4.78 is 24.2. The third-order valence-electron chi connectivity index (χ3n) is 2.29. The fraction of sp³-hybridized carbons (Fsp3) is 0.364. The zero-order chi connectivity index (χ0) is 13.7. The monoisotopic (exact) mass is 274 g/mol. The molecular formula is C11H15FN2O3S. The molecule has 0 aromatic heterocycles. The maximum absolute atomic E-state index is 13.4. The lowest BCUT2D eigenvalue weighted by atomic mass is 10.1. The Morgan fingerprint density at radius 2 is 2.22 bits per heavy atom. The minimum absolute atomic E-state index is 0.173. The summed E-state index contributed by atoms with van der Waals surface area (Å²) in [6.45, 7) is 0.496. The van der Waals surface area contributed by atoms with E-state index in [0.29, 0.717) is 24.4 Å². The highest BCUT2D eigenvalue weighted by Crippen LogP contribution is 2.23. The topological polar surface area (TPSA) is 92.4 Å². The van der Waals surface area contributed by atoms with Gasteiger partial charge in [-0.3, -0.25) is 4.21 Å². The summed E-state index contributed by atoms with van der Waals surface area (Å²) >= 11 is 0. The lowest BCUT2D eigenvalue weighted by molar-refractivity contribution is 0.0692. The van der Waals surface area contributed by atoms with Crippen molar-refractivity contribution in [3.63, 3.8) is 0 Å². The van der Waals surface area contributed by atoms with Crippen LogP contribution in [0.4, 0.5) is 15.8 Å². The molecule has 0 heterocycles. The molecule has 0 bridgehead atoms. The van der Waals surface area contributed by atoms with Gasteiger partial charge in [0.25, 0.3) is 0 Å². The third kappa shape index (κ3) is 3.99. The Kier molecular flexibility index (Phi) is 5.08. The molecule has 18 heavy (non-hydrogen) atoms. The van der Waals surface area contributed by atoms with Crippen LogP contribution in [0.5, 0.6) is 0 Å². The van der Waals surface area contributed by atoms with Crippen LogP contribution in [0.1, 0.15) is 16.8 Å². The molecule has 1 aromatic carbocycles. The second-order valence-corrected chi connectivity index (χ2v) is 5.34. The van der Waals surface area contributed by atoms with E-state index in [2.05, 4.69) is 5.32 Å². The molecule has 0 saturated carbocycles. The number of anilines is 2. The Morgan fingerprint density at radius 1 is 1.56 bits per heavy atom. The van der Waals surface area contributed by atoms with Crippen LogP contribution in [0, 0.1) is 5.82 Å². The van der Waals surface area contributed by atoms with Gasteiger partial charge in [-0.1, -0.05) is 0 Å². The largest absolute Gasteiger partial charge is 0.478 e. The molecule has 1 aromatic rings. The fourth-order valence-electron chi connectivity index (χ4n) is 1.41. The maximum Gasteiger partial charge on any atom is 0.338 e. The number of aromatic carboxylic acids is 1. The molecular weight excluding hydrogens is 259 g/mol. The van der Waals surface area contributed by atoms with Crippen LogP contribution >= 0.6 is 0 Å². The van der Waals surface area contributed by atoms with Gasteiger partial charge in [0, 0.05) is 29.4 Å². The SMILES string of the molecule is CS(=O)CCCNc1cc(F)c(C(=O)O)cc1N. The van der Waals surface area contributed by atoms with Gasteiger partial charge in [0.05, 0.1) is 16.9 Å². The van der Waals surface area contributed by atoms with E-state index >= 15 is 0 Å². The number of rotatable bonds is 6. The Hall–Kier alpha value is -1.63. The molecule has 100 valence electrons. The molecule has 1 rings (SSSR count). The van der Waals surface area contributed by atoms with Crippen molar-refractivity contribution in [2.75, 3.05) is 29.6 Å². The Balaban J connectivity index is 2.70. The summed E-state index contributed by atoms with van der Waals surface area (Å²) in [7, 11) is -0.866. The van der Waals surface area contributed by atoms with Gasteiger partial charge in [-0.2, -0.15) is 0 Å². The summed E-state index contributed by atoms with van der Waals surface area (Å²) in [5.74, 6) is -1.65. The van der Waals surface area contributed by atoms with Gasteiger partial charge in [0.15, 0.2) is 0 Å². The average molecular weight is 274 g/mol. The molecule has 0 amide bonds. The summed E-state index contributed by atoms with van der Waals surface area (Å²) in [6.07, 6.45) is 2.26. The van der Waals surface area contributed by atoms with Crippen LogP contribution in [0.25, 0.3) is 0 Å². The standard InChI is InChI=1S/C11H15FN2O3S/c1-18(17)4-2-3-14-10-6-8(12)7(11(15)16)5-9(10)13/h5-6,14H,2-4,13H2,1H3,(H,15,16). The van der Waals surface area contributed by atoms with Crippen molar-refractivity contribution >= 4 is 28.1 Å². The van der Waals surface area contributed by atoms with Crippen LogP contribution in [-0.4, -0.2) is 33.8 Å². The van der Waals surface area contributed by atoms with Crippen LogP contribution in [0.3, 0.4) is 0 Å². The van der Waals surface area contributed by atoms with E-state index < -0.39 is 28.1 Å². The molecule has 1 unspecified atom stereocenters. The first-order chi connectivity index (χ1) is 8.41. The van der Waals surface area contributed by atoms with E-state index in [1.54, 1.807) is 6.26 Å². The quantitative estimate of drug-likeness (QED) is 0.537. The first-order valence-electron chi connectivity index (χ1n) is 5.28. The number of carboxylic acids is 1. The second kappa shape index (κ2) is 6.34. The van der Waals surface area contributed by atoms with Crippen molar-refractivity contribution in [1.29, 1.82) is 0 Å². The number of nitrogens with one attached hydrogen (secondary N) is 1. The number of nitrogen functional groups attached to an aromatic ring is 1. The number of benzene rings is 1. The highest BCUT2D eigenvalue weighted by molar-refractivity contribution is 7.84. The molecule has 0 saturated heterocycles. The molecule has 0 fully saturated rings. The lowest BCUT2D eigenvalue weighted by Gasteiger charge is -2.10. The predicted molar refractivity (Wildman–Crippen MR) is 69.8 cm³/mol. The van der Waals surface area contributed by atoms with Gasteiger partial charge < -0.3 is 16.2 Å². The summed E-state index contributed by atoms with van der Waals surface area (Å²) in [5.41, 5.74) is 5.69. The van der Waals surface area contributed by atoms with Crippen molar-refractivity contribution < 1.29 is 18.5 Å². The zero-order valence-electron chi connectivity index (χ0n) is 9.90. The van der Waals surface area contributed by atoms with Crippen molar-refractivity contribution in [2.45, 2.75) is 6.42 Å². The van der Waals surface area contributed by atoms with E-state index in [4.69, 9.17) is 10.8 Å². The first-order valence-corrected chi connectivity index (χ1v) is 7.00. The van der Waals surface area contributed by atoms with E-state index in [1.807, 2.05) is 0 Å². The van der Waals surface area contributed by atoms with Gasteiger partial charge in [0.2, 0.25) is 0 Å². The average Bonchev–Trinajstić information content (AvgIpc) is 2.27. The van der Waals surface area contributed by atoms with E-state index in [9.17, 15) is 13.4 Å². The minimum Gasteiger partial charge on any atom is -0.478 e. The summed E-state index contributed by atoms with van der Waals surface area (Å²) in [6, 6.07) is 2.14. The molecule has 0 aliphatic carbocycles. The zero-order valence-corrected chi connectivity index (χ0v) is 10.7. The van der Waals surface area contributed by atoms with Crippen molar-refractivity contribution in [1.82, 2.24) is 0 Å². The fourth-order valence-corrected chi connectivity index (χ4v) is 1.96. The van der Waals surface area contributed by atoms with Gasteiger partial charge in [-0.05, 0) is 18.6 Å². The first kappa shape index (κ1) is 14.4. The molecule has 4 N–H and O–H groups in total. The van der Waals surface area contributed by atoms with E-state index in [1.165, 1.54) is 0 Å². The van der Waals surface area contributed by atoms with Gasteiger partial charge >= 0.3 is 5.97 Å². The summed E-state index contributed by atoms with van der Waals surface area (Å²) in [4.78, 5) is 10.7. The van der Waals surface area contributed by atoms with Crippen LogP contribution in [0.2, 0.25) is 0 Å². The van der Waals surface area contributed by atoms with Gasteiger partial charge in [-0.25, -0.2) is 9.18 Å². The molecule has 0 aliphatic rings. The predicted octanol–water partition coefficient (Wildman–Crippen LogP) is 1.29. The smallest absolute Gasteiger partial charge is 0.338 e. The summed E-state index contributed by atoms with van der Waals surface area (Å²) in [5, 5.41) is 11.6. The molecule has 0 spiro atoms. The molecule has 7 heteroatoms. The van der Waals surface area contributed by atoms with E-state index in [0.717, 1.165) is 12.1 Å². The number of nitrogens with two attached hydrogens (primary N) is 1. The van der Waals surface area contributed by atoms with Gasteiger partial charge in [-0.15, -0.1) is 0 Å². The minimum atomic E-state index is -1.35. The lowest BCUT2D eigenvalue weighted by Crippen LogP contribution is -2.10. The number of hydrogen-bond donors (Lipinski definition) is 3. The Bertz CT molecular complexity index is 480. The Morgan fingerprint density at radius 3 is 2.78 bits per heavy atom. The van der Waals surface area contributed by atoms with Gasteiger partial charge in [0.1, 0.15) is 5.82 Å². The molecule has 1 atom stereocenters. The maximum atomic E-state index is 13.4.